The number of carbonyl (C=O) groups is 1. The van der Waals surface area contributed by atoms with E-state index in [1.54, 1.807) is 0 Å². The number of aliphatic hydroxyl groups is 1. The van der Waals surface area contributed by atoms with Gasteiger partial charge in [0.15, 0.2) is 0 Å². The molecule has 1 rings (SSSR count). The van der Waals surface area contributed by atoms with Crippen LogP contribution in [-0.4, -0.2) is 35.1 Å². The predicted octanol–water partition coefficient (Wildman–Crippen LogP) is 1.94. The van der Waals surface area contributed by atoms with Gasteiger partial charge in [-0.2, -0.15) is 0 Å². The lowest BCUT2D eigenvalue weighted by Gasteiger charge is -2.29. The predicted molar refractivity (Wildman–Crippen MR) is 60.6 cm³/mol. The maximum Gasteiger partial charge on any atom is 0.222 e. The van der Waals surface area contributed by atoms with E-state index >= 15 is 0 Å². The summed E-state index contributed by atoms with van der Waals surface area (Å²) in [5.41, 5.74) is 0. The van der Waals surface area contributed by atoms with Gasteiger partial charge in [0.2, 0.25) is 5.91 Å². The van der Waals surface area contributed by atoms with Gasteiger partial charge in [-0.25, -0.2) is 0 Å². The summed E-state index contributed by atoms with van der Waals surface area (Å²) in [5, 5.41) is 9.32. The van der Waals surface area contributed by atoms with E-state index in [2.05, 4.69) is 6.92 Å². The number of carbonyl (C=O) groups excluding carboxylic acids is 1. The number of nitrogens with zero attached hydrogens (tertiary/aromatic N) is 1. The van der Waals surface area contributed by atoms with Crippen LogP contribution in [-0.2, 0) is 4.79 Å². The molecule has 88 valence electrons. The minimum atomic E-state index is -0.186. The van der Waals surface area contributed by atoms with Crippen LogP contribution in [0, 0.1) is 0 Å². The molecule has 1 saturated heterocycles. The molecule has 0 saturated carbocycles. The molecule has 1 fully saturated rings. The highest BCUT2D eigenvalue weighted by Gasteiger charge is 2.20. The molecule has 1 amide bonds. The van der Waals surface area contributed by atoms with Gasteiger partial charge in [0.25, 0.3) is 0 Å². The number of hydrogen-bond donors (Lipinski definition) is 1. The number of piperidine rings is 1. The molecule has 0 atom stereocenters. The average molecular weight is 213 g/mol. The van der Waals surface area contributed by atoms with Crippen LogP contribution in [0.15, 0.2) is 0 Å². The van der Waals surface area contributed by atoms with Crippen LogP contribution in [0.25, 0.3) is 0 Å². The van der Waals surface area contributed by atoms with Crippen molar-refractivity contribution in [3.8, 4) is 0 Å². The van der Waals surface area contributed by atoms with Crippen LogP contribution in [0.5, 0.6) is 0 Å². The van der Waals surface area contributed by atoms with Gasteiger partial charge in [0, 0.05) is 19.5 Å². The van der Waals surface area contributed by atoms with E-state index in [4.69, 9.17) is 0 Å². The van der Waals surface area contributed by atoms with Crippen molar-refractivity contribution in [3.63, 3.8) is 0 Å². The SMILES string of the molecule is CCCCCCC(=O)N1CCC(O)CC1. The highest BCUT2D eigenvalue weighted by molar-refractivity contribution is 5.76. The largest absolute Gasteiger partial charge is 0.393 e. The Morgan fingerprint density at radius 1 is 1.27 bits per heavy atom. The van der Waals surface area contributed by atoms with Crippen molar-refractivity contribution in [1.82, 2.24) is 4.90 Å². The third kappa shape index (κ3) is 4.65. The normalized spacial score (nSPS) is 18.1. The van der Waals surface area contributed by atoms with Crippen LogP contribution in [0.3, 0.4) is 0 Å². The molecular weight excluding hydrogens is 190 g/mol. The van der Waals surface area contributed by atoms with Crippen LogP contribution in [0.4, 0.5) is 0 Å². The number of unbranched alkanes of at least 4 members (excludes halogenated alkanes) is 3. The van der Waals surface area contributed by atoms with Gasteiger partial charge >= 0.3 is 0 Å². The Morgan fingerprint density at radius 3 is 2.53 bits per heavy atom. The van der Waals surface area contributed by atoms with Crippen molar-refractivity contribution < 1.29 is 9.90 Å². The van der Waals surface area contributed by atoms with E-state index in [1.165, 1.54) is 19.3 Å². The number of aliphatic hydroxyl groups excluding tert-OH is 1. The molecule has 1 N–H and O–H groups in total. The first-order chi connectivity index (χ1) is 7.24. The first kappa shape index (κ1) is 12.5. The summed E-state index contributed by atoms with van der Waals surface area (Å²) in [5.74, 6) is 0.276. The summed E-state index contributed by atoms with van der Waals surface area (Å²) in [6, 6.07) is 0. The van der Waals surface area contributed by atoms with E-state index in [9.17, 15) is 9.90 Å². The van der Waals surface area contributed by atoms with E-state index < -0.39 is 0 Å². The molecule has 0 unspecified atom stereocenters. The second kappa shape index (κ2) is 6.83. The summed E-state index contributed by atoms with van der Waals surface area (Å²) >= 11 is 0. The zero-order valence-corrected chi connectivity index (χ0v) is 9.74. The summed E-state index contributed by atoms with van der Waals surface area (Å²) in [6.07, 6.45) is 6.63. The molecule has 0 aromatic heterocycles. The van der Waals surface area contributed by atoms with Crippen LogP contribution in [0.1, 0.15) is 51.9 Å². The van der Waals surface area contributed by atoms with Gasteiger partial charge < -0.3 is 10.0 Å². The van der Waals surface area contributed by atoms with Crippen molar-refractivity contribution in [2.45, 2.75) is 58.0 Å². The number of amides is 1. The fourth-order valence-corrected chi connectivity index (χ4v) is 1.98. The molecule has 0 aromatic rings. The molecule has 1 heterocycles. The Hall–Kier alpha value is -0.570. The lowest BCUT2D eigenvalue weighted by atomic mass is 10.1. The van der Waals surface area contributed by atoms with Crippen molar-refractivity contribution in [2.75, 3.05) is 13.1 Å². The quantitative estimate of drug-likeness (QED) is 0.709. The molecule has 0 spiro atoms. The molecule has 0 bridgehead atoms. The second-order valence-corrected chi connectivity index (χ2v) is 4.42. The number of likely N-dealkylation sites (tertiary alicyclic amines) is 1. The third-order valence-electron chi connectivity index (χ3n) is 3.06. The van der Waals surface area contributed by atoms with Crippen LogP contribution >= 0.6 is 0 Å². The molecule has 1 aliphatic rings. The standard InChI is InChI=1S/C12H23NO2/c1-2-3-4-5-6-12(15)13-9-7-11(14)8-10-13/h11,14H,2-10H2,1H3. The second-order valence-electron chi connectivity index (χ2n) is 4.42. The van der Waals surface area contributed by atoms with E-state index in [0.29, 0.717) is 6.42 Å². The van der Waals surface area contributed by atoms with Gasteiger partial charge in [0.1, 0.15) is 0 Å². The molecular formula is C12H23NO2. The Balaban J connectivity index is 2.11. The van der Waals surface area contributed by atoms with E-state index in [0.717, 1.165) is 32.4 Å². The number of hydrogen-bond acceptors (Lipinski definition) is 2. The van der Waals surface area contributed by atoms with Crippen molar-refractivity contribution in [3.05, 3.63) is 0 Å². The van der Waals surface area contributed by atoms with Gasteiger partial charge in [0.05, 0.1) is 6.10 Å². The lowest BCUT2D eigenvalue weighted by molar-refractivity contribution is -0.133. The monoisotopic (exact) mass is 213 g/mol. The zero-order valence-electron chi connectivity index (χ0n) is 9.74. The lowest BCUT2D eigenvalue weighted by Crippen LogP contribution is -2.39. The first-order valence-corrected chi connectivity index (χ1v) is 6.20. The van der Waals surface area contributed by atoms with Gasteiger partial charge in [-0.15, -0.1) is 0 Å². The van der Waals surface area contributed by atoms with Crippen LogP contribution < -0.4 is 0 Å². The summed E-state index contributed by atoms with van der Waals surface area (Å²) in [4.78, 5) is 13.6. The minimum Gasteiger partial charge on any atom is -0.393 e. The summed E-state index contributed by atoms with van der Waals surface area (Å²) < 4.78 is 0. The average Bonchev–Trinajstić information content (AvgIpc) is 2.25. The topological polar surface area (TPSA) is 40.5 Å². The molecule has 0 aliphatic carbocycles. The van der Waals surface area contributed by atoms with E-state index in [-0.39, 0.29) is 12.0 Å². The molecule has 3 nitrogen and oxygen atoms in total. The Labute approximate surface area is 92.5 Å². The maximum absolute atomic E-state index is 11.7. The van der Waals surface area contributed by atoms with Crippen LogP contribution in [0.2, 0.25) is 0 Å². The number of rotatable bonds is 5. The maximum atomic E-state index is 11.7. The van der Waals surface area contributed by atoms with Crippen molar-refractivity contribution >= 4 is 5.91 Å². The smallest absolute Gasteiger partial charge is 0.222 e. The molecule has 3 heteroatoms. The Morgan fingerprint density at radius 2 is 1.93 bits per heavy atom. The fraction of sp³-hybridized carbons (Fsp3) is 0.917. The third-order valence-corrected chi connectivity index (χ3v) is 3.06. The fourth-order valence-electron chi connectivity index (χ4n) is 1.98. The molecule has 0 aromatic carbocycles. The van der Waals surface area contributed by atoms with Gasteiger partial charge in [-0.3, -0.25) is 4.79 Å². The Kier molecular flexibility index (Phi) is 5.69. The van der Waals surface area contributed by atoms with Gasteiger partial charge in [-0.1, -0.05) is 26.2 Å². The highest BCUT2D eigenvalue weighted by Crippen LogP contribution is 2.12. The zero-order chi connectivity index (χ0) is 11.1. The highest BCUT2D eigenvalue weighted by atomic mass is 16.3. The summed E-state index contributed by atoms with van der Waals surface area (Å²) in [6.45, 7) is 3.66. The van der Waals surface area contributed by atoms with Gasteiger partial charge in [-0.05, 0) is 19.3 Å². The van der Waals surface area contributed by atoms with Crippen molar-refractivity contribution in [1.29, 1.82) is 0 Å². The van der Waals surface area contributed by atoms with E-state index in [1.807, 2.05) is 4.90 Å². The minimum absolute atomic E-state index is 0.186. The Bertz CT molecular complexity index is 186. The molecule has 15 heavy (non-hydrogen) atoms. The van der Waals surface area contributed by atoms with Crippen molar-refractivity contribution in [2.24, 2.45) is 0 Å². The molecule has 1 aliphatic heterocycles. The first-order valence-electron chi connectivity index (χ1n) is 6.20. The molecule has 0 radical (unpaired) electrons. The summed E-state index contributed by atoms with van der Waals surface area (Å²) in [7, 11) is 0.